The first-order valence-electron chi connectivity index (χ1n) is 8.08. The molecule has 0 unspecified atom stereocenters. The summed E-state index contributed by atoms with van der Waals surface area (Å²) in [5.74, 6) is -0.232. The standard InChI is InChI=1S/C18H21N3O3/c19-17(22)14-3-1-9-21(12-14)15-7-5-13(6-8-15)11-20-18(23)16-4-2-10-24-16/h2,4-8,10,14H,1,3,9,11-12H2,(H2,19,22)(H,20,23)/t14-/m0/s1. The topological polar surface area (TPSA) is 88.6 Å². The van der Waals surface area contributed by atoms with Crippen LogP contribution in [-0.4, -0.2) is 24.9 Å². The van der Waals surface area contributed by atoms with Gasteiger partial charge in [-0.1, -0.05) is 12.1 Å². The molecule has 24 heavy (non-hydrogen) atoms. The lowest BCUT2D eigenvalue weighted by Crippen LogP contribution is -2.41. The monoisotopic (exact) mass is 327 g/mol. The summed E-state index contributed by atoms with van der Waals surface area (Å²) in [7, 11) is 0. The first-order valence-corrected chi connectivity index (χ1v) is 8.08. The van der Waals surface area contributed by atoms with Gasteiger partial charge in [0, 0.05) is 25.3 Å². The number of anilines is 1. The number of carbonyl (C=O) groups is 2. The third-order valence-corrected chi connectivity index (χ3v) is 4.32. The average molecular weight is 327 g/mol. The lowest BCUT2D eigenvalue weighted by Gasteiger charge is -2.33. The molecule has 1 aromatic carbocycles. The van der Waals surface area contributed by atoms with Crippen molar-refractivity contribution >= 4 is 17.5 Å². The summed E-state index contributed by atoms with van der Waals surface area (Å²) in [4.78, 5) is 25.4. The highest BCUT2D eigenvalue weighted by Crippen LogP contribution is 2.23. The smallest absolute Gasteiger partial charge is 0.287 e. The zero-order chi connectivity index (χ0) is 16.9. The lowest BCUT2D eigenvalue weighted by atomic mass is 9.97. The molecule has 1 atom stereocenters. The van der Waals surface area contributed by atoms with Crippen LogP contribution in [0.15, 0.2) is 47.1 Å². The summed E-state index contributed by atoms with van der Waals surface area (Å²) in [6.45, 7) is 2.03. The lowest BCUT2D eigenvalue weighted by molar-refractivity contribution is -0.122. The average Bonchev–Trinajstić information content (AvgIpc) is 3.15. The van der Waals surface area contributed by atoms with Crippen LogP contribution in [0, 0.1) is 5.92 Å². The van der Waals surface area contributed by atoms with E-state index in [-0.39, 0.29) is 17.7 Å². The molecule has 0 saturated carbocycles. The summed E-state index contributed by atoms with van der Waals surface area (Å²) >= 11 is 0. The largest absolute Gasteiger partial charge is 0.459 e. The van der Waals surface area contributed by atoms with Gasteiger partial charge in [-0.3, -0.25) is 9.59 Å². The molecule has 2 heterocycles. The van der Waals surface area contributed by atoms with E-state index in [1.54, 1.807) is 12.1 Å². The number of carbonyl (C=O) groups excluding carboxylic acids is 2. The van der Waals surface area contributed by atoms with Crippen LogP contribution in [0.5, 0.6) is 0 Å². The molecule has 1 fully saturated rings. The first-order chi connectivity index (χ1) is 11.6. The molecule has 0 aliphatic carbocycles. The minimum absolute atomic E-state index is 0.0778. The Morgan fingerprint density at radius 2 is 2.04 bits per heavy atom. The van der Waals surface area contributed by atoms with E-state index in [1.165, 1.54) is 6.26 Å². The van der Waals surface area contributed by atoms with E-state index in [0.717, 1.165) is 30.6 Å². The summed E-state index contributed by atoms with van der Waals surface area (Å²) < 4.78 is 5.06. The number of hydrogen-bond donors (Lipinski definition) is 2. The van der Waals surface area contributed by atoms with Crippen molar-refractivity contribution in [3.05, 3.63) is 54.0 Å². The van der Waals surface area contributed by atoms with Gasteiger partial charge in [0.1, 0.15) is 0 Å². The van der Waals surface area contributed by atoms with Crippen molar-refractivity contribution in [2.45, 2.75) is 19.4 Å². The number of hydrogen-bond acceptors (Lipinski definition) is 4. The van der Waals surface area contributed by atoms with Gasteiger partial charge in [0.15, 0.2) is 5.76 Å². The van der Waals surface area contributed by atoms with Gasteiger partial charge in [0.05, 0.1) is 12.2 Å². The van der Waals surface area contributed by atoms with Crippen LogP contribution < -0.4 is 16.0 Å². The van der Waals surface area contributed by atoms with Gasteiger partial charge in [-0.05, 0) is 42.7 Å². The van der Waals surface area contributed by atoms with Crippen LogP contribution in [0.4, 0.5) is 5.69 Å². The third kappa shape index (κ3) is 3.76. The fourth-order valence-corrected chi connectivity index (χ4v) is 2.95. The molecule has 1 saturated heterocycles. The zero-order valence-corrected chi connectivity index (χ0v) is 13.4. The molecular weight excluding hydrogens is 306 g/mol. The Morgan fingerprint density at radius 1 is 1.25 bits per heavy atom. The highest BCUT2D eigenvalue weighted by molar-refractivity contribution is 5.91. The van der Waals surface area contributed by atoms with Gasteiger partial charge in [0.25, 0.3) is 5.91 Å². The Labute approximate surface area is 140 Å². The normalized spacial score (nSPS) is 17.5. The Morgan fingerprint density at radius 3 is 2.71 bits per heavy atom. The summed E-state index contributed by atoms with van der Waals surface area (Å²) in [5.41, 5.74) is 7.50. The Kier molecular flexibility index (Phi) is 4.84. The van der Waals surface area contributed by atoms with E-state index in [1.807, 2.05) is 24.3 Å². The molecule has 1 aliphatic heterocycles. The van der Waals surface area contributed by atoms with Gasteiger partial charge in [-0.2, -0.15) is 0 Å². The van der Waals surface area contributed by atoms with Crippen LogP contribution in [0.25, 0.3) is 0 Å². The quantitative estimate of drug-likeness (QED) is 0.878. The van der Waals surface area contributed by atoms with E-state index in [2.05, 4.69) is 10.2 Å². The number of benzene rings is 1. The number of nitrogens with two attached hydrogens (primary N) is 1. The van der Waals surface area contributed by atoms with E-state index in [4.69, 9.17) is 10.2 Å². The zero-order valence-electron chi connectivity index (χ0n) is 13.4. The Balaban J connectivity index is 1.57. The summed E-state index contributed by atoms with van der Waals surface area (Å²) in [6, 6.07) is 11.3. The van der Waals surface area contributed by atoms with Crippen LogP contribution in [0.1, 0.15) is 29.0 Å². The molecule has 126 valence electrons. The van der Waals surface area contributed by atoms with E-state index in [0.29, 0.717) is 18.8 Å². The second kappa shape index (κ2) is 7.21. The fraction of sp³-hybridized carbons (Fsp3) is 0.333. The predicted molar refractivity (Wildman–Crippen MR) is 90.5 cm³/mol. The SMILES string of the molecule is NC(=O)[C@H]1CCCN(c2ccc(CNC(=O)c3ccco3)cc2)C1. The van der Waals surface area contributed by atoms with Gasteiger partial charge in [0.2, 0.25) is 5.91 Å². The number of furan rings is 1. The second-order valence-electron chi connectivity index (χ2n) is 6.01. The molecule has 3 rings (SSSR count). The maximum absolute atomic E-state index is 11.8. The van der Waals surface area contributed by atoms with Crippen molar-refractivity contribution in [2.24, 2.45) is 11.7 Å². The molecule has 1 aromatic heterocycles. The van der Waals surface area contributed by atoms with Crippen LogP contribution >= 0.6 is 0 Å². The summed E-state index contributed by atoms with van der Waals surface area (Å²) in [5, 5.41) is 2.81. The van der Waals surface area contributed by atoms with Crippen molar-refractivity contribution in [1.29, 1.82) is 0 Å². The van der Waals surface area contributed by atoms with Crippen molar-refractivity contribution in [1.82, 2.24) is 5.32 Å². The number of piperidine rings is 1. The highest BCUT2D eigenvalue weighted by Gasteiger charge is 2.24. The van der Waals surface area contributed by atoms with Gasteiger partial charge in [-0.25, -0.2) is 0 Å². The van der Waals surface area contributed by atoms with E-state index in [9.17, 15) is 9.59 Å². The molecule has 2 aromatic rings. The van der Waals surface area contributed by atoms with E-state index >= 15 is 0 Å². The van der Waals surface area contributed by atoms with Gasteiger partial charge < -0.3 is 20.4 Å². The number of rotatable bonds is 5. The second-order valence-corrected chi connectivity index (χ2v) is 6.01. The molecule has 0 bridgehead atoms. The Bertz CT molecular complexity index is 695. The molecule has 1 aliphatic rings. The molecule has 2 amide bonds. The summed E-state index contributed by atoms with van der Waals surface area (Å²) in [6.07, 6.45) is 3.30. The molecule has 6 heteroatoms. The van der Waals surface area contributed by atoms with Crippen molar-refractivity contribution in [3.8, 4) is 0 Å². The number of primary amides is 1. The predicted octanol–water partition coefficient (Wildman–Crippen LogP) is 1.91. The minimum Gasteiger partial charge on any atom is -0.459 e. The molecular formula is C18H21N3O3. The van der Waals surface area contributed by atoms with Crippen molar-refractivity contribution < 1.29 is 14.0 Å². The number of amides is 2. The maximum Gasteiger partial charge on any atom is 0.287 e. The number of nitrogens with one attached hydrogen (secondary N) is 1. The van der Waals surface area contributed by atoms with Gasteiger partial charge >= 0.3 is 0 Å². The van der Waals surface area contributed by atoms with Crippen LogP contribution in [0.2, 0.25) is 0 Å². The third-order valence-electron chi connectivity index (χ3n) is 4.32. The van der Waals surface area contributed by atoms with E-state index < -0.39 is 0 Å². The molecule has 0 spiro atoms. The van der Waals surface area contributed by atoms with Crippen molar-refractivity contribution in [2.75, 3.05) is 18.0 Å². The fourth-order valence-electron chi connectivity index (χ4n) is 2.95. The molecule has 0 radical (unpaired) electrons. The highest BCUT2D eigenvalue weighted by atomic mass is 16.3. The first kappa shape index (κ1) is 16.1. The molecule has 3 N–H and O–H groups in total. The van der Waals surface area contributed by atoms with Crippen LogP contribution in [-0.2, 0) is 11.3 Å². The van der Waals surface area contributed by atoms with Crippen LogP contribution in [0.3, 0.4) is 0 Å². The van der Waals surface area contributed by atoms with Crippen molar-refractivity contribution in [3.63, 3.8) is 0 Å². The minimum atomic E-state index is -0.232. The van der Waals surface area contributed by atoms with Gasteiger partial charge in [-0.15, -0.1) is 0 Å². The molecule has 6 nitrogen and oxygen atoms in total. The Hall–Kier alpha value is -2.76. The number of nitrogens with zero attached hydrogens (tertiary/aromatic N) is 1. The maximum atomic E-state index is 11.8.